The third-order valence-electron chi connectivity index (χ3n) is 5.89. The molecule has 32 heavy (non-hydrogen) atoms. The molecule has 1 aromatic carbocycles. The first-order valence-electron chi connectivity index (χ1n) is 11.2. The number of anilines is 3. The summed E-state index contributed by atoms with van der Waals surface area (Å²) in [5, 5.41) is 3.33. The Labute approximate surface area is 188 Å². The van der Waals surface area contributed by atoms with Crippen LogP contribution < -0.4 is 43.8 Å². The molecule has 1 aromatic heterocycles. The van der Waals surface area contributed by atoms with Crippen LogP contribution in [0.2, 0.25) is 0 Å². The average molecular weight is 442 g/mol. The standard InChI is InChI=1S/C21H35N11/c22-7-13-2-1-3-14(4-13)8-27-19-28-20(31-9-15(23)5-16(24)10-31)30-21(29-19)32-11-17(25)6-18(26)12-32/h1-4,15-18H,5-12,22-26H2,(H,27,28,29,30)/t15-,16+,17-,18+. The van der Waals surface area contributed by atoms with Gasteiger partial charge >= 0.3 is 0 Å². The second-order valence-electron chi connectivity index (χ2n) is 8.96. The summed E-state index contributed by atoms with van der Waals surface area (Å²) in [6, 6.07) is 8.03. The van der Waals surface area contributed by atoms with Crippen molar-refractivity contribution >= 4 is 17.8 Å². The Morgan fingerprint density at radius 1 is 0.781 bits per heavy atom. The molecule has 2 aliphatic heterocycles. The highest BCUT2D eigenvalue weighted by Gasteiger charge is 2.28. The van der Waals surface area contributed by atoms with E-state index in [2.05, 4.69) is 21.4 Å². The first-order valence-corrected chi connectivity index (χ1v) is 11.2. The van der Waals surface area contributed by atoms with Gasteiger partial charge in [-0.15, -0.1) is 0 Å². The van der Waals surface area contributed by atoms with Crippen LogP contribution in [-0.2, 0) is 13.1 Å². The van der Waals surface area contributed by atoms with Crippen LogP contribution in [0.15, 0.2) is 24.3 Å². The molecular formula is C21H35N11. The van der Waals surface area contributed by atoms with E-state index in [4.69, 9.17) is 33.7 Å². The molecule has 0 bridgehead atoms. The van der Waals surface area contributed by atoms with Crippen LogP contribution in [0.3, 0.4) is 0 Å². The van der Waals surface area contributed by atoms with Gasteiger partial charge in [-0.05, 0) is 24.0 Å². The van der Waals surface area contributed by atoms with Crippen LogP contribution in [0.1, 0.15) is 24.0 Å². The summed E-state index contributed by atoms with van der Waals surface area (Å²) in [5.41, 5.74) is 32.8. The molecule has 0 unspecified atom stereocenters. The van der Waals surface area contributed by atoms with Crippen molar-refractivity contribution in [2.24, 2.45) is 28.7 Å². The van der Waals surface area contributed by atoms with Gasteiger partial charge in [0, 0.05) is 63.4 Å². The summed E-state index contributed by atoms with van der Waals surface area (Å²) in [6.45, 7) is 3.65. The Morgan fingerprint density at radius 3 is 1.78 bits per heavy atom. The maximum atomic E-state index is 6.21. The fourth-order valence-corrected chi connectivity index (χ4v) is 4.45. The Kier molecular flexibility index (Phi) is 7.01. The van der Waals surface area contributed by atoms with E-state index in [1.807, 2.05) is 28.0 Å². The second kappa shape index (κ2) is 9.92. The Balaban J connectivity index is 1.60. The molecule has 11 N–H and O–H groups in total. The van der Waals surface area contributed by atoms with Crippen molar-refractivity contribution in [3.05, 3.63) is 35.4 Å². The number of benzene rings is 1. The van der Waals surface area contributed by atoms with E-state index in [0.29, 0.717) is 57.1 Å². The number of nitrogens with one attached hydrogen (secondary N) is 1. The third kappa shape index (κ3) is 5.61. The van der Waals surface area contributed by atoms with Crippen LogP contribution in [0.5, 0.6) is 0 Å². The molecule has 4 atom stereocenters. The zero-order chi connectivity index (χ0) is 22.7. The first-order chi connectivity index (χ1) is 15.4. The number of hydrogen-bond acceptors (Lipinski definition) is 11. The van der Waals surface area contributed by atoms with Crippen molar-refractivity contribution in [3.63, 3.8) is 0 Å². The lowest BCUT2D eigenvalue weighted by molar-refractivity contribution is 0.441. The topological polar surface area (TPSA) is 187 Å². The highest BCUT2D eigenvalue weighted by atomic mass is 15.4. The lowest BCUT2D eigenvalue weighted by atomic mass is 10.0. The number of nitrogens with zero attached hydrogens (tertiary/aromatic N) is 5. The molecule has 11 nitrogen and oxygen atoms in total. The maximum Gasteiger partial charge on any atom is 0.232 e. The zero-order valence-electron chi connectivity index (χ0n) is 18.4. The molecule has 2 aromatic rings. The van der Waals surface area contributed by atoms with Crippen molar-refractivity contribution in [1.82, 2.24) is 15.0 Å². The lowest BCUT2D eigenvalue weighted by Gasteiger charge is -2.37. The third-order valence-corrected chi connectivity index (χ3v) is 5.89. The summed E-state index contributed by atoms with van der Waals surface area (Å²) < 4.78 is 0. The SMILES string of the molecule is NCc1cccc(CNc2nc(N3C[C@H](N)C[C@H](N)C3)nc(N3C[C@H](N)C[C@H](N)C3)n2)c1. The highest BCUT2D eigenvalue weighted by molar-refractivity contribution is 5.47. The Bertz CT molecular complexity index is 843. The van der Waals surface area contributed by atoms with Gasteiger partial charge in [-0.2, -0.15) is 15.0 Å². The monoisotopic (exact) mass is 441 g/mol. The Morgan fingerprint density at radius 2 is 1.28 bits per heavy atom. The minimum Gasteiger partial charge on any atom is -0.350 e. The van der Waals surface area contributed by atoms with Crippen LogP contribution in [0.4, 0.5) is 17.8 Å². The fraction of sp³-hybridized carbons (Fsp3) is 0.571. The summed E-state index contributed by atoms with van der Waals surface area (Å²) in [5.74, 6) is 1.61. The molecule has 0 aliphatic carbocycles. The van der Waals surface area contributed by atoms with E-state index >= 15 is 0 Å². The molecule has 0 spiro atoms. The molecule has 174 valence electrons. The summed E-state index contributed by atoms with van der Waals surface area (Å²) in [7, 11) is 0. The zero-order valence-corrected chi connectivity index (χ0v) is 18.4. The van der Waals surface area contributed by atoms with Crippen molar-refractivity contribution in [2.45, 2.75) is 50.1 Å². The largest absolute Gasteiger partial charge is 0.350 e. The van der Waals surface area contributed by atoms with E-state index < -0.39 is 0 Å². The molecule has 4 rings (SSSR count). The van der Waals surface area contributed by atoms with Gasteiger partial charge in [0.05, 0.1) is 0 Å². The average Bonchev–Trinajstić information content (AvgIpc) is 2.76. The highest BCUT2D eigenvalue weighted by Crippen LogP contribution is 2.22. The molecule has 0 radical (unpaired) electrons. The summed E-state index contributed by atoms with van der Waals surface area (Å²) >= 11 is 0. The van der Waals surface area contributed by atoms with Gasteiger partial charge in [-0.25, -0.2) is 0 Å². The van der Waals surface area contributed by atoms with Crippen LogP contribution in [0.25, 0.3) is 0 Å². The van der Waals surface area contributed by atoms with Crippen LogP contribution in [-0.4, -0.2) is 65.3 Å². The normalized spacial score (nSPS) is 26.3. The first kappa shape index (κ1) is 22.6. The molecule has 2 aliphatic rings. The number of piperidine rings is 2. The molecule has 0 amide bonds. The molecule has 3 heterocycles. The van der Waals surface area contributed by atoms with Gasteiger partial charge in [-0.3, -0.25) is 0 Å². The minimum absolute atomic E-state index is 0.0220. The van der Waals surface area contributed by atoms with E-state index in [0.717, 1.165) is 24.0 Å². The molecule has 11 heteroatoms. The van der Waals surface area contributed by atoms with Gasteiger partial charge in [0.25, 0.3) is 0 Å². The van der Waals surface area contributed by atoms with E-state index in [1.54, 1.807) is 0 Å². The lowest BCUT2D eigenvalue weighted by Crippen LogP contribution is -2.54. The predicted octanol–water partition coefficient (Wildman–Crippen LogP) is -1.33. The van der Waals surface area contributed by atoms with E-state index in [-0.39, 0.29) is 24.2 Å². The van der Waals surface area contributed by atoms with E-state index in [1.165, 1.54) is 0 Å². The second-order valence-corrected chi connectivity index (χ2v) is 8.96. The van der Waals surface area contributed by atoms with Gasteiger partial charge in [0.2, 0.25) is 17.8 Å². The quantitative estimate of drug-likeness (QED) is 0.312. The van der Waals surface area contributed by atoms with Gasteiger partial charge in [0.1, 0.15) is 0 Å². The van der Waals surface area contributed by atoms with Gasteiger partial charge < -0.3 is 43.8 Å². The van der Waals surface area contributed by atoms with E-state index in [9.17, 15) is 0 Å². The van der Waals surface area contributed by atoms with Crippen molar-refractivity contribution in [2.75, 3.05) is 41.3 Å². The summed E-state index contributed by atoms with van der Waals surface area (Å²) in [6.07, 6.45) is 1.57. The van der Waals surface area contributed by atoms with Gasteiger partial charge in [0.15, 0.2) is 0 Å². The van der Waals surface area contributed by atoms with Crippen LogP contribution >= 0.6 is 0 Å². The summed E-state index contributed by atoms with van der Waals surface area (Å²) in [4.78, 5) is 18.2. The minimum atomic E-state index is -0.0220. The fourth-order valence-electron chi connectivity index (χ4n) is 4.45. The predicted molar refractivity (Wildman–Crippen MR) is 127 cm³/mol. The number of hydrogen-bond donors (Lipinski definition) is 6. The number of nitrogens with two attached hydrogens (primary N) is 5. The Hall–Kier alpha value is -2.57. The molecule has 2 saturated heterocycles. The smallest absolute Gasteiger partial charge is 0.232 e. The molecular weight excluding hydrogens is 406 g/mol. The van der Waals surface area contributed by atoms with Gasteiger partial charge in [-0.1, -0.05) is 24.3 Å². The molecule has 2 fully saturated rings. The van der Waals surface area contributed by atoms with Crippen molar-refractivity contribution in [3.8, 4) is 0 Å². The van der Waals surface area contributed by atoms with Crippen LogP contribution in [0, 0.1) is 0 Å². The number of rotatable bonds is 6. The number of aromatic nitrogens is 3. The van der Waals surface area contributed by atoms with Crippen molar-refractivity contribution in [1.29, 1.82) is 0 Å². The molecule has 0 saturated carbocycles. The van der Waals surface area contributed by atoms with Crippen molar-refractivity contribution < 1.29 is 0 Å². The maximum absolute atomic E-state index is 6.21.